The second kappa shape index (κ2) is 5.44. The van der Waals surface area contributed by atoms with Crippen LogP contribution in [0, 0.1) is 5.41 Å². The summed E-state index contributed by atoms with van der Waals surface area (Å²) in [6, 6.07) is 2.08. The number of hydrogen-bond donors (Lipinski definition) is 1. The van der Waals surface area contributed by atoms with E-state index in [2.05, 4.69) is 33.7 Å². The van der Waals surface area contributed by atoms with Crippen LogP contribution in [0.15, 0.2) is 31.1 Å². The Labute approximate surface area is 124 Å². The first-order valence-corrected chi connectivity index (χ1v) is 7.27. The number of piperidine rings is 1. The van der Waals surface area contributed by atoms with Crippen LogP contribution in [-0.2, 0) is 0 Å². The largest absolute Gasteiger partial charge is 0.394 e. The number of imidazole rings is 1. The molecule has 3 rings (SSSR count). The predicted octanol–water partition coefficient (Wildman–Crippen LogP) is 1.65. The van der Waals surface area contributed by atoms with Crippen LogP contribution in [0.25, 0.3) is 5.82 Å². The maximum absolute atomic E-state index is 9.65. The van der Waals surface area contributed by atoms with Gasteiger partial charge in [-0.15, -0.1) is 0 Å². The molecular weight excluding hydrogens is 266 g/mol. The maximum Gasteiger partial charge on any atom is 0.143 e. The fourth-order valence-corrected chi connectivity index (χ4v) is 2.87. The van der Waals surface area contributed by atoms with E-state index in [9.17, 15) is 5.11 Å². The van der Waals surface area contributed by atoms with E-state index >= 15 is 0 Å². The van der Waals surface area contributed by atoms with Crippen molar-refractivity contribution in [3.8, 4) is 5.82 Å². The van der Waals surface area contributed by atoms with Gasteiger partial charge in [-0.1, -0.05) is 13.8 Å². The molecule has 1 saturated heterocycles. The molecule has 0 spiro atoms. The van der Waals surface area contributed by atoms with Gasteiger partial charge < -0.3 is 10.0 Å². The number of anilines is 1. The molecule has 0 radical (unpaired) electrons. The molecule has 3 heterocycles. The molecule has 1 aliphatic heterocycles. The van der Waals surface area contributed by atoms with E-state index < -0.39 is 0 Å². The summed E-state index contributed by atoms with van der Waals surface area (Å²) < 4.78 is 1.86. The molecule has 6 nitrogen and oxygen atoms in total. The molecule has 0 aromatic carbocycles. The quantitative estimate of drug-likeness (QED) is 0.929. The number of aliphatic hydroxyl groups is 1. The van der Waals surface area contributed by atoms with E-state index in [1.165, 1.54) is 0 Å². The summed E-state index contributed by atoms with van der Waals surface area (Å²) in [5.41, 5.74) is 0.228. The Morgan fingerprint density at radius 1 is 1.33 bits per heavy atom. The van der Waals surface area contributed by atoms with Crippen molar-refractivity contribution in [2.45, 2.75) is 32.7 Å². The van der Waals surface area contributed by atoms with E-state index in [-0.39, 0.29) is 18.1 Å². The number of aliphatic hydroxyl groups excluding tert-OH is 1. The van der Waals surface area contributed by atoms with E-state index in [1.807, 2.05) is 16.8 Å². The Kier molecular flexibility index (Phi) is 3.63. The smallest absolute Gasteiger partial charge is 0.143 e. The van der Waals surface area contributed by atoms with E-state index in [4.69, 9.17) is 0 Å². The summed E-state index contributed by atoms with van der Waals surface area (Å²) in [4.78, 5) is 14.9. The predicted molar refractivity (Wildman–Crippen MR) is 80.4 cm³/mol. The van der Waals surface area contributed by atoms with Crippen LogP contribution in [0.2, 0.25) is 0 Å². The molecule has 6 heteroatoms. The number of hydrogen-bond acceptors (Lipinski definition) is 5. The Morgan fingerprint density at radius 2 is 2.14 bits per heavy atom. The summed E-state index contributed by atoms with van der Waals surface area (Å²) in [6.07, 6.45) is 8.97. The molecule has 0 unspecified atom stereocenters. The van der Waals surface area contributed by atoms with Crippen molar-refractivity contribution in [2.75, 3.05) is 18.1 Å². The minimum Gasteiger partial charge on any atom is -0.394 e. The van der Waals surface area contributed by atoms with Crippen LogP contribution in [0.5, 0.6) is 0 Å². The zero-order chi connectivity index (χ0) is 14.9. The van der Waals surface area contributed by atoms with Crippen molar-refractivity contribution in [2.24, 2.45) is 5.41 Å². The number of aromatic nitrogens is 4. The van der Waals surface area contributed by atoms with Crippen molar-refractivity contribution in [1.29, 1.82) is 0 Å². The average molecular weight is 287 g/mol. The lowest BCUT2D eigenvalue weighted by molar-refractivity contribution is 0.189. The van der Waals surface area contributed by atoms with Gasteiger partial charge in [0.2, 0.25) is 0 Å². The van der Waals surface area contributed by atoms with Crippen LogP contribution in [0.1, 0.15) is 26.7 Å². The minimum atomic E-state index is 0.128. The van der Waals surface area contributed by atoms with Crippen LogP contribution in [0.4, 0.5) is 5.82 Å². The first kappa shape index (κ1) is 14.0. The van der Waals surface area contributed by atoms with Gasteiger partial charge in [0.05, 0.1) is 12.6 Å². The standard InChI is InChI=1S/C15H21N5O/c1-15(2)4-3-12(8-21)20(9-15)14-7-13(17-10-18-14)19-6-5-16-11-19/h5-7,10-12,21H,3-4,8-9H2,1-2H3/t12-/m1/s1. The number of rotatable bonds is 3. The van der Waals surface area contributed by atoms with E-state index in [1.54, 1.807) is 18.9 Å². The summed E-state index contributed by atoms with van der Waals surface area (Å²) in [5.74, 6) is 1.65. The molecule has 1 aliphatic rings. The Hall–Kier alpha value is -1.95. The summed E-state index contributed by atoms with van der Waals surface area (Å²) >= 11 is 0. The van der Waals surface area contributed by atoms with Crippen LogP contribution in [-0.4, -0.2) is 43.8 Å². The highest BCUT2D eigenvalue weighted by Gasteiger charge is 2.33. The first-order chi connectivity index (χ1) is 10.1. The topological polar surface area (TPSA) is 67.1 Å². The fraction of sp³-hybridized carbons (Fsp3) is 0.533. The molecule has 2 aromatic rings. The average Bonchev–Trinajstić information content (AvgIpc) is 3.01. The van der Waals surface area contributed by atoms with Crippen LogP contribution in [0.3, 0.4) is 0 Å². The molecule has 2 aromatic heterocycles. The van der Waals surface area contributed by atoms with Crippen LogP contribution < -0.4 is 4.90 Å². The first-order valence-electron chi connectivity index (χ1n) is 7.27. The molecule has 1 fully saturated rings. The van der Waals surface area contributed by atoms with Gasteiger partial charge in [0, 0.05) is 25.0 Å². The van der Waals surface area contributed by atoms with Gasteiger partial charge in [-0.3, -0.25) is 4.57 Å². The highest BCUT2D eigenvalue weighted by Crippen LogP contribution is 2.34. The second-order valence-electron chi connectivity index (χ2n) is 6.37. The molecule has 0 amide bonds. The molecule has 0 aliphatic carbocycles. The maximum atomic E-state index is 9.65. The van der Waals surface area contributed by atoms with Crippen LogP contribution >= 0.6 is 0 Å². The SMILES string of the molecule is CC1(C)CC[C@H](CO)N(c2cc(-n3ccnc3)ncn2)C1. The molecule has 0 saturated carbocycles. The summed E-state index contributed by atoms with van der Waals surface area (Å²) in [6.45, 7) is 5.55. The molecule has 21 heavy (non-hydrogen) atoms. The number of nitrogens with zero attached hydrogens (tertiary/aromatic N) is 5. The molecule has 1 N–H and O–H groups in total. The van der Waals surface area contributed by atoms with Gasteiger partial charge in [-0.05, 0) is 18.3 Å². The van der Waals surface area contributed by atoms with Crippen molar-refractivity contribution in [3.63, 3.8) is 0 Å². The third-order valence-corrected chi connectivity index (χ3v) is 4.11. The highest BCUT2D eigenvalue weighted by molar-refractivity contribution is 5.45. The third kappa shape index (κ3) is 2.90. The van der Waals surface area contributed by atoms with Gasteiger partial charge >= 0.3 is 0 Å². The molecular formula is C15H21N5O. The fourth-order valence-electron chi connectivity index (χ4n) is 2.87. The van der Waals surface area contributed by atoms with Crippen molar-refractivity contribution in [1.82, 2.24) is 19.5 Å². The lowest BCUT2D eigenvalue weighted by atomic mass is 9.81. The summed E-state index contributed by atoms with van der Waals surface area (Å²) in [7, 11) is 0. The van der Waals surface area contributed by atoms with Crippen molar-refractivity contribution in [3.05, 3.63) is 31.1 Å². The molecule has 0 bridgehead atoms. The van der Waals surface area contributed by atoms with Gasteiger partial charge in [-0.2, -0.15) is 0 Å². The van der Waals surface area contributed by atoms with E-state index in [0.717, 1.165) is 31.0 Å². The van der Waals surface area contributed by atoms with Crippen molar-refractivity contribution < 1.29 is 5.11 Å². The van der Waals surface area contributed by atoms with Gasteiger partial charge in [0.1, 0.15) is 24.3 Å². The Balaban J connectivity index is 1.92. The second-order valence-corrected chi connectivity index (χ2v) is 6.37. The lowest BCUT2D eigenvalue weighted by Crippen LogP contribution is -2.49. The Bertz CT molecular complexity index is 596. The normalized spacial score (nSPS) is 21.5. The Morgan fingerprint density at radius 3 is 2.86 bits per heavy atom. The van der Waals surface area contributed by atoms with Crippen molar-refractivity contribution >= 4 is 5.82 Å². The minimum absolute atomic E-state index is 0.128. The van der Waals surface area contributed by atoms with Gasteiger partial charge in [0.15, 0.2) is 0 Å². The van der Waals surface area contributed by atoms with Gasteiger partial charge in [0.25, 0.3) is 0 Å². The zero-order valence-corrected chi connectivity index (χ0v) is 12.5. The lowest BCUT2D eigenvalue weighted by Gasteiger charge is -2.43. The van der Waals surface area contributed by atoms with E-state index in [0.29, 0.717) is 0 Å². The highest BCUT2D eigenvalue weighted by atomic mass is 16.3. The third-order valence-electron chi connectivity index (χ3n) is 4.11. The molecule has 112 valence electrons. The monoisotopic (exact) mass is 287 g/mol. The summed E-state index contributed by atoms with van der Waals surface area (Å²) in [5, 5.41) is 9.65. The zero-order valence-electron chi connectivity index (χ0n) is 12.5. The molecule has 1 atom stereocenters. The van der Waals surface area contributed by atoms with Gasteiger partial charge in [-0.25, -0.2) is 15.0 Å².